The highest BCUT2D eigenvalue weighted by Crippen LogP contribution is 2.22. The number of carbonyl (C=O) groups is 2. The number of nitrogens with one attached hydrogen (secondary N) is 1. The van der Waals surface area contributed by atoms with Crippen molar-refractivity contribution in [3.05, 3.63) is 24.3 Å². The van der Waals surface area contributed by atoms with E-state index < -0.39 is 10.0 Å². The van der Waals surface area contributed by atoms with Gasteiger partial charge in [-0.05, 0) is 38.1 Å². The minimum absolute atomic E-state index is 0.00453. The maximum atomic E-state index is 12.8. The highest BCUT2D eigenvalue weighted by molar-refractivity contribution is 8.00. The molecule has 2 aliphatic heterocycles. The van der Waals surface area contributed by atoms with E-state index in [1.807, 2.05) is 13.8 Å². The minimum Gasteiger partial charge on any atom is -0.373 e. The van der Waals surface area contributed by atoms with E-state index >= 15 is 0 Å². The number of benzene rings is 1. The van der Waals surface area contributed by atoms with Gasteiger partial charge in [0.05, 0.1) is 28.7 Å². The Hall–Kier alpha value is -1.62. The van der Waals surface area contributed by atoms with Gasteiger partial charge in [-0.1, -0.05) is 0 Å². The summed E-state index contributed by atoms with van der Waals surface area (Å²) in [7, 11) is -3.61. The van der Waals surface area contributed by atoms with E-state index in [-0.39, 0.29) is 35.5 Å². The van der Waals surface area contributed by atoms with Crippen LogP contribution in [0.3, 0.4) is 0 Å². The summed E-state index contributed by atoms with van der Waals surface area (Å²) in [5, 5.41) is 2.69. The Kier molecular flexibility index (Phi) is 6.09. The van der Waals surface area contributed by atoms with Crippen LogP contribution in [-0.4, -0.2) is 72.9 Å². The van der Waals surface area contributed by atoms with Crippen LogP contribution in [0.25, 0.3) is 0 Å². The van der Waals surface area contributed by atoms with Crippen molar-refractivity contribution in [1.82, 2.24) is 9.21 Å². The molecule has 0 aromatic heterocycles. The third-order valence-electron chi connectivity index (χ3n) is 4.32. The lowest BCUT2D eigenvalue weighted by Crippen LogP contribution is -2.48. The molecule has 2 heterocycles. The average Bonchev–Trinajstić information content (AvgIpc) is 2.99. The van der Waals surface area contributed by atoms with Gasteiger partial charge in [-0.25, -0.2) is 8.42 Å². The monoisotopic (exact) mass is 413 g/mol. The summed E-state index contributed by atoms with van der Waals surface area (Å²) in [4.78, 5) is 25.3. The molecule has 27 heavy (non-hydrogen) atoms. The van der Waals surface area contributed by atoms with Crippen molar-refractivity contribution in [3.8, 4) is 0 Å². The number of nitrogens with zero attached hydrogens (tertiary/aromatic N) is 2. The van der Waals surface area contributed by atoms with Crippen molar-refractivity contribution < 1.29 is 22.7 Å². The summed E-state index contributed by atoms with van der Waals surface area (Å²) >= 11 is 1.47. The molecular weight excluding hydrogens is 390 g/mol. The number of thioether (sulfide) groups is 1. The standard InChI is InChI=1S/C17H23N3O5S2/c1-12-7-20(8-13(2)25-12)27(23,24)15-5-3-14(4-6-15)18-16(21)9-19-11-26-10-17(19)22/h3-6,12-13H,7-11H2,1-2H3,(H,18,21)/t12-,13-/m0/s1. The Balaban J connectivity index is 1.64. The zero-order valence-corrected chi connectivity index (χ0v) is 16.9. The van der Waals surface area contributed by atoms with E-state index in [9.17, 15) is 18.0 Å². The van der Waals surface area contributed by atoms with Gasteiger partial charge in [0.1, 0.15) is 6.54 Å². The summed E-state index contributed by atoms with van der Waals surface area (Å²) in [6, 6.07) is 6.07. The smallest absolute Gasteiger partial charge is 0.244 e. The molecule has 148 valence electrons. The van der Waals surface area contributed by atoms with Crippen molar-refractivity contribution >= 4 is 39.3 Å². The van der Waals surface area contributed by atoms with Crippen LogP contribution in [0.15, 0.2) is 29.2 Å². The molecule has 0 unspecified atom stereocenters. The Morgan fingerprint density at radius 2 is 1.85 bits per heavy atom. The lowest BCUT2D eigenvalue weighted by molar-refractivity contribution is -0.130. The summed E-state index contributed by atoms with van der Waals surface area (Å²) in [5.41, 5.74) is 0.488. The summed E-state index contributed by atoms with van der Waals surface area (Å²) in [5.74, 6) is 0.557. The average molecular weight is 414 g/mol. The summed E-state index contributed by atoms with van der Waals surface area (Å²) < 4.78 is 32.6. The second kappa shape index (κ2) is 8.17. The molecule has 10 heteroatoms. The number of amides is 2. The Morgan fingerprint density at radius 3 is 2.41 bits per heavy atom. The van der Waals surface area contributed by atoms with Crippen LogP contribution in [0, 0.1) is 0 Å². The number of rotatable bonds is 5. The SMILES string of the molecule is C[C@H]1CN(S(=O)(=O)c2ccc(NC(=O)CN3CSCC3=O)cc2)C[C@H](C)O1. The molecule has 2 amide bonds. The van der Waals surface area contributed by atoms with Crippen molar-refractivity contribution in [2.75, 3.05) is 36.6 Å². The molecule has 1 aromatic carbocycles. The number of hydrogen-bond donors (Lipinski definition) is 1. The Bertz CT molecular complexity index is 802. The van der Waals surface area contributed by atoms with Gasteiger partial charge in [-0.2, -0.15) is 4.31 Å². The van der Waals surface area contributed by atoms with E-state index in [0.717, 1.165) is 0 Å². The molecule has 0 spiro atoms. The van der Waals surface area contributed by atoms with E-state index in [2.05, 4.69) is 5.32 Å². The topological polar surface area (TPSA) is 96.0 Å². The first-order chi connectivity index (χ1) is 12.8. The van der Waals surface area contributed by atoms with Gasteiger partial charge in [0.15, 0.2) is 0 Å². The normalized spacial score (nSPS) is 24.2. The number of ether oxygens (including phenoxy) is 1. The predicted molar refractivity (Wildman–Crippen MR) is 103 cm³/mol. The van der Waals surface area contributed by atoms with Crippen LogP contribution in [0.4, 0.5) is 5.69 Å². The number of anilines is 1. The summed E-state index contributed by atoms with van der Waals surface area (Å²) in [6.07, 6.45) is -0.318. The van der Waals surface area contributed by atoms with Gasteiger partial charge >= 0.3 is 0 Å². The van der Waals surface area contributed by atoms with Crippen molar-refractivity contribution in [2.45, 2.75) is 31.0 Å². The van der Waals surface area contributed by atoms with Crippen molar-refractivity contribution in [2.24, 2.45) is 0 Å². The first-order valence-electron chi connectivity index (χ1n) is 8.67. The molecule has 2 atom stereocenters. The molecule has 8 nitrogen and oxygen atoms in total. The minimum atomic E-state index is -3.61. The molecule has 1 aromatic rings. The molecule has 0 saturated carbocycles. The van der Waals surface area contributed by atoms with Crippen LogP contribution in [-0.2, 0) is 24.3 Å². The molecule has 2 fully saturated rings. The van der Waals surface area contributed by atoms with Gasteiger partial charge < -0.3 is 15.0 Å². The third kappa shape index (κ3) is 4.81. The largest absolute Gasteiger partial charge is 0.373 e. The first-order valence-corrected chi connectivity index (χ1v) is 11.3. The first kappa shape index (κ1) is 20.1. The molecule has 2 saturated heterocycles. The zero-order valence-electron chi connectivity index (χ0n) is 15.3. The van der Waals surface area contributed by atoms with Gasteiger partial charge in [-0.3, -0.25) is 9.59 Å². The maximum absolute atomic E-state index is 12.8. The van der Waals surface area contributed by atoms with Gasteiger partial charge in [0.25, 0.3) is 0 Å². The maximum Gasteiger partial charge on any atom is 0.244 e. The zero-order chi connectivity index (χ0) is 19.6. The van der Waals surface area contributed by atoms with Crippen molar-refractivity contribution in [1.29, 1.82) is 0 Å². The summed E-state index contributed by atoms with van der Waals surface area (Å²) in [6.45, 7) is 4.32. The Morgan fingerprint density at radius 1 is 1.22 bits per heavy atom. The molecule has 0 bridgehead atoms. The van der Waals surface area contributed by atoms with E-state index in [4.69, 9.17) is 4.74 Å². The van der Waals surface area contributed by atoms with Gasteiger partial charge in [0.2, 0.25) is 21.8 Å². The van der Waals surface area contributed by atoms with Crippen LogP contribution >= 0.6 is 11.8 Å². The molecule has 0 radical (unpaired) electrons. The van der Waals surface area contributed by atoms with E-state index in [1.165, 1.54) is 33.1 Å². The fourth-order valence-corrected chi connectivity index (χ4v) is 5.60. The third-order valence-corrected chi connectivity index (χ3v) is 7.11. The fraction of sp³-hybridized carbons (Fsp3) is 0.529. The van der Waals surface area contributed by atoms with Crippen molar-refractivity contribution in [3.63, 3.8) is 0 Å². The van der Waals surface area contributed by atoms with Gasteiger partial charge in [-0.15, -0.1) is 11.8 Å². The molecular formula is C17H23N3O5S2. The molecule has 2 aliphatic rings. The second-order valence-corrected chi connectivity index (χ2v) is 9.61. The van der Waals surface area contributed by atoms with Gasteiger partial charge in [0, 0.05) is 18.8 Å². The lowest BCUT2D eigenvalue weighted by Gasteiger charge is -2.34. The quantitative estimate of drug-likeness (QED) is 0.772. The van der Waals surface area contributed by atoms with Crippen LogP contribution in [0.2, 0.25) is 0 Å². The van der Waals surface area contributed by atoms with Crippen LogP contribution in [0.1, 0.15) is 13.8 Å². The number of carbonyl (C=O) groups excluding carboxylic acids is 2. The lowest BCUT2D eigenvalue weighted by atomic mass is 10.3. The molecule has 1 N–H and O–H groups in total. The number of hydrogen-bond acceptors (Lipinski definition) is 6. The highest BCUT2D eigenvalue weighted by atomic mass is 32.2. The van der Waals surface area contributed by atoms with E-state index in [0.29, 0.717) is 30.4 Å². The second-order valence-electron chi connectivity index (χ2n) is 6.72. The van der Waals surface area contributed by atoms with Crippen LogP contribution < -0.4 is 5.32 Å². The number of sulfonamides is 1. The number of morpholine rings is 1. The Labute approximate surface area is 163 Å². The fourth-order valence-electron chi connectivity index (χ4n) is 3.10. The van der Waals surface area contributed by atoms with Crippen LogP contribution in [0.5, 0.6) is 0 Å². The molecule has 3 rings (SSSR count). The highest BCUT2D eigenvalue weighted by Gasteiger charge is 2.32. The van der Waals surface area contributed by atoms with E-state index in [1.54, 1.807) is 12.1 Å². The predicted octanol–water partition coefficient (Wildman–Crippen LogP) is 0.956. The molecule has 0 aliphatic carbocycles.